The van der Waals surface area contributed by atoms with Gasteiger partial charge in [-0.25, -0.2) is 4.79 Å². The number of hydrogen-bond acceptors (Lipinski definition) is 7. The highest BCUT2D eigenvalue weighted by atomic mass is 16.7. The second-order valence-electron chi connectivity index (χ2n) is 10.8. The molecule has 0 aromatic heterocycles. The third-order valence-electron chi connectivity index (χ3n) is 8.11. The van der Waals surface area contributed by atoms with Crippen LogP contribution in [-0.2, 0) is 14.0 Å². The summed E-state index contributed by atoms with van der Waals surface area (Å²) >= 11 is 0. The maximum Gasteiger partial charge on any atom is 0.486 e. The van der Waals surface area contributed by atoms with E-state index in [0.717, 1.165) is 6.42 Å². The van der Waals surface area contributed by atoms with Crippen molar-refractivity contribution in [1.29, 1.82) is 0 Å². The van der Waals surface area contributed by atoms with Gasteiger partial charge in [0, 0.05) is 19.4 Å². The van der Waals surface area contributed by atoms with Gasteiger partial charge < -0.3 is 28.3 Å². The first kappa shape index (κ1) is 20.4. The van der Waals surface area contributed by atoms with Crippen molar-refractivity contribution in [2.24, 2.45) is 17.3 Å². The molecule has 1 unspecified atom stereocenters. The second-order valence-corrected chi connectivity index (χ2v) is 10.8. The smallest absolute Gasteiger partial charge is 0.486 e. The van der Waals surface area contributed by atoms with E-state index < -0.39 is 18.9 Å². The molecule has 6 aliphatic rings. The third kappa shape index (κ3) is 2.78. The van der Waals surface area contributed by atoms with Crippen LogP contribution in [0, 0.1) is 17.3 Å². The fourth-order valence-corrected chi connectivity index (χ4v) is 6.31. The molecule has 3 aliphatic heterocycles. The molecule has 1 aromatic rings. The van der Waals surface area contributed by atoms with Crippen LogP contribution in [0.25, 0.3) is 6.08 Å². The van der Waals surface area contributed by atoms with Crippen LogP contribution in [0.5, 0.6) is 17.2 Å². The number of benzene rings is 1. The van der Waals surface area contributed by atoms with Crippen LogP contribution in [-0.4, -0.2) is 43.8 Å². The molecule has 7 rings (SSSR count). The largest absolute Gasteiger partial charge is 0.486 e. The number of hydrogen-bond donors (Lipinski definition) is 0. The predicted molar refractivity (Wildman–Crippen MR) is 117 cm³/mol. The van der Waals surface area contributed by atoms with E-state index >= 15 is 0 Å². The highest BCUT2D eigenvalue weighted by Gasteiger charge is 2.67. The molecule has 170 valence electrons. The SMILES string of the molecule is CC1(C)OC(=O)c2c(c(/C=C\B3OC4C[C@@H]5C[C@@H](C5(C)C)[C@]4(C)O3)cc3c2OCCO3)O1. The number of fused-ring (bicyclic) bond motifs is 3. The van der Waals surface area contributed by atoms with Crippen molar-refractivity contribution in [3.8, 4) is 17.2 Å². The van der Waals surface area contributed by atoms with Gasteiger partial charge in [-0.2, -0.15) is 0 Å². The van der Waals surface area contributed by atoms with Crippen molar-refractivity contribution in [2.75, 3.05) is 13.2 Å². The molecule has 1 saturated heterocycles. The molecule has 7 nitrogen and oxygen atoms in total. The van der Waals surface area contributed by atoms with Gasteiger partial charge in [0.2, 0.25) is 5.79 Å². The lowest BCUT2D eigenvalue weighted by Crippen LogP contribution is -2.65. The molecular weight excluding hydrogens is 411 g/mol. The van der Waals surface area contributed by atoms with Gasteiger partial charge in [-0.05, 0) is 43.1 Å². The number of rotatable bonds is 2. The standard InChI is InChI=1S/C24H29BO7/c1-22(2)14-11-16(22)24(5)17(12-14)31-25(32-24)7-6-13-10-15-20(28-9-8-27-15)18-19(13)29-23(3,4)30-21(18)26/h6-7,10,14,16-17H,8-9,11-12H2,1-5H3/b7-6-/t14-,16-,17?,24-/m0/s1. The molecule has 3 aliphatic carbocycles. The molecule has 1 aromatic carbocycles. The lowest BCUT2D eigenvalue weighted by atomic mass is 9.43. The van der Waals surface area contributed by atoms with E-state index in [4.69, 9.17) is 28.3 Å². The summed E-state index contributed by atoms with van der Waals surface area (Å²) < 4.78 is 35.8. The molecule has 32 heavy (non-hydrogen) atoms. The van der Waals surface area contributed by atoms with E-state index in [1.165, 1.54) is 6.42 Å². The number of ether oxygens (including phenoxy) is 4. The van der Waals surface area contributed by atoms with Crippen LogP contribution >= 0.6 is 0 Å². The number of cyclic esters (lactones) is 1. The molecule has 4 fully saturated rings. The molecule has 0 N–H and O–H groups in total. The van der Waals surface area contributed by atoms with Crippen LogP contribution in [0.4, 0.5) is 0 Å². The van der Waals surface area contributed by atoms with Crippen molar-refractivity contribution in [1.82, 2.24) is 0 Å². The molecule has 0 spiro atoms. The van der Waals surface area contributed by atoms with Crippen molar-refractivity contribution < 1.29 is 33.1 Å². The molecule has 4 atom stereocenters. The maximum atomic E-state index is 12.8. The van der Waals surface area contributed by atoms with Gasteiger partial charge >= 0.3 is 13.1 Å². The third-order valence-corrected chi connectivity index (χ3v) is 8.11. The van der Waals surface area contributed by atoms with E-state index in [1.54, 1.807) is 13.8 Å². The Kier molecular flexibility index (Phi) is 4.11. The maximum absolute atomic E-state index is 12.8. The monoisotopic (exact) mass is 440 g/mol. The molecule has 0 radical (unpaired) electrons. The van der Waals surface area contributed by atoms with E-state index in [9.17, 15) is 4.79 Å². The Hall–Kier alpha value is -2.19. The minimum Gasteiger partial charge on any atom is -0.486 e. The topological polar surface area (TPSA) is 72.5 Å². The van der Waals surface area contributed by atoms with Crippen molar-refractivity contribution in [3.05, 3.63) is 23.2 Å². The average molecular weight is 440 g/mol. The molecule has 2 bridgehead atoms. The Balaban J connectivity index is 1.33. The van der Waals surface area contributed by atoms with Crippen LogP contribution in [0.2, 0.25) is 0 Å². The normalized spacial score (nSPS) is 35.5. The highest BCUT2D eigenvalue weighted by Crippen LogP contribution is 2.65. The van der Waals surface area contributed by atoms with Crippen LogP contribution in [0.15, 0.2) is 12.0 Å². The Morgan fingerprint density at radius 2 is 1.81 bits per heavy atom. The number of esters is 1. The van der Waals surface area contributed by atoms with Gasteiger partial charge in [-0.3, -0.25) is 0 Å². The van der Waals surface area contributed by atoms with Gasteiger partial charge in [0.25, 0.3) is 0 Å². The van der Waals surface area contributed by atoms with E-state index in [0.29, 0.717) is 53.3 Å². The Morgan fingerprint density at radius 3 is 2.59 bits per heavy atom. The first-order chi connectivity index (χ1) is 15.1. The quantitative estimate of drug-likeness (QED) is 0.508. The van der Waals surface area contributed by atoms with Crippen LogP contribution in [0.3, 0.4) is 0 Å². The Bertz CT molecular complexity index is 1030. The zero-order valence-corrected chi connectivity index (χ0v) is 19.2. The summed E-state index contributed by atoms with van der Waals surface area (Å²) in [6, 6.07) is 1.84. The fraction of sp³-hybridized carbons (Fsp3) is 0.625. The lowest BCUT2D eigenvalue weighted by Gasteiger charge is -2.64. The van der Waals surface area contributed by atoms with Gasteiger partial charge in [0.1, 0.15) is 24.5 Å². The summed E-state index contributed by atoms with van der Waals surface area (Å²) in [4.78, 5) is 12.8. The first-order valence-corrected chi connectivity index (χ1v) is 11.5. The molecule has 3 saturated carbocycles. The van der Waals surface area contributed by atoms with Gasteiger partial charge in [0.05, 0.1) is 11.7 Å². The molecular formula is C24H29BO7. The van der Waals surface area contributed by atoms with E-state index in [2.05, 4.69) is 20.8 Å². The average Bonchev–Trinajstić information content (AvgIpc) is 3.06. The molecule has 8 heteroatoms. The van der Waals surface area contributed by atoms with E-state index in [1.807, 2.05) is 18.1 Å². The summed E-state index contributed by atoms with van der Waals surface area (Å²) in [7, 11) is -0.451. The summed E-state index contributed by atoms with van der Waals surface area (Å²) in [5.41, 5.74) is 0.979. The Labute approximate surface area is 188 Å². The summed E-state index contributed by atoms with van der Waals surface area (Å²) in [5, 5.41) is 0. The van der Waals surface area contributed by atoms with Gasteiger partial charge in [-0.1, -0.05) is 25.9 Å². The van der Waals surface area contributed by atoms with Crippen molar-refractivity contribution in [2.45, 2.75) is 65.0 Å². The van der Waals surface area contributed by atoms with Crippen LogP contribution < -0.4 is 14.2 Å². The zero-order chi connectivity index (χ0) is 22.5. The summed E-state index contributed by atoms with van der Waals surface area (Å²) in [5.74, 6) is 2.84. The first-order valence-electron chi connectivity index (χ1n) is 11.5. The molecule has 0 amide bonds. The van der Waals surface area contributed by atoms with Crippen molar-refractivity contribution in [3.63, 3.8) is 0 Å². The van der Waals surface area contributed by atoms with E-state index in [-0.39, 0.29) is 17.3 Å². The zero-order valence-electron chi connectivity index (χ0n) is 19.2. The second kappa shape index (κ2) is 6.44. The highest BCUT2D eigenvalue weighted by molar-refractivity contribution is 6.52. The van der Waals surface area contributed by atoms with Gasteiger partial charge in [0.15, 0.2) is 11.5 Å². The number of carbonyl (C=O) groups is 1. The van der Waals surface area contributed by atoms with Crippen molar-refractivity contribution >= 4 is 19.2 Å². The number of carbonyl (C=O) groups excluding carboxylic acids is 1. The summed E-state index contributed by atoms with van der Waals surface area (Å²) in [6.07, 6.45) is 4.23. The minimum atomic E-state index is -1.08. The van der Waals surface area contributed by atoms with Crippen LogP contribution in [0.1, 0.15) is 63.4 Å². The minimum absolute atomic E-state index is 0.105. The summed E-state index contributed by atoms with van der Waals surface area (Å²) in [6.45, 7) is 11.1. The fourth-order valence-electron chi connectivity index (χ4n) is 6.31. The Morgan fingerprint density at radius 1 is 1.03 bits per heavy atom. The predicted octanol–water partition coefficient (Wildman–Crippen LogP) is 4.02. The van der Waals surface area contributed by atoms with Gasteiger partial charge in [-0.15, -0.1) is 0 Å². The lowest BCUT2D eigenvalue weighted by molar-refractivity contribution is -0.199. The molecule has 3 heterocycles.